The molecule has 1 saturated carbocycles. The number of carbonyl (C=O) groups excluding carboxylic acids is 4. The van der Waals surface area contributed by atoms with Gasteiger partial charge in [-0.2, -0.15) is 0 Å². The minimum absolute atomic E-state index is 0.00750. The molecule has 41 heavy (non-hydrogen) atoms. The van der Waals surface area contributed by atoms with Gasteiger partial charge in [0.1, 0.15) is 30.0 Å². The summed E-state index contributed by atoms with van der Waals surface area (Å²) < 4.78 is 26.6. The maximum Gasteiger partial charge on any atom is 0.323 e. The Kier molecular flexibility index (Phi) is 10.9. The van der Waals surface area contributed by atoms with Gasteiger partial charge in [0.25, 0.3) is 6.29 Å². The second kappa shape index (κ2) is 14.0. The van der Waals surface area contributed by atoms with E-state index in [1.165, 1.54) is 19.2 Å². The maximum atomic E-state index is 15.2. The van der Waals surface area contributed by atoms with Crippen LogP contribution in [0.15, 0.2) is 34.9 Å². The standard InChI is InChI=1S/C28H34BrFN4O7/c1-5-20(35)16-7-8-18(30)22(17-10-19(17)33-28(39)34-21-9-6-15(29)11-32-21)25(16)41-27(38)24(36)14(4)12-40-26(37)23(31)13(2)3/h6-9,11,13-14,17,19,23,27,38H,5,10,12,31H2,1-4H3,(H2,32,33,34,39)/t14?,17?,19?,23-,27?/m0/s1. The van der Waals surface area contributed by atoms with Crippen molar-refractivity contribution in [2.75, 3.05) is 11.9 Å². The van der Waals surface area contributed by atoms with Crippen molar-refractivity contribution in [2.45, 2.75) is 64.8 Å². The number of anilines is 1. The van der Waals surface area contributed by atoms with Crippen molar-refractivity contribution >= 4 is 45.3 Å². The number of hydrogen-bond donors (Lipinski definition) is 4. The minimum atomic E-state index is -2.08. The zero-order valence-corrected chi connectivity index (χ0v) is 24.7. The number of amides is 2. The zero-order chi connectivity index (χ0) is 30.4. The molecule has 1 aromatic carbocycles. The predicted octanol–water partition coefficient (Wildman–Crippen LogP) is 3.68. The topological polar surface area (TPSA) is 170 Å². The highest BCUT2D eigenvalue weighted by molar-refractivity contribution is 9.10. The molecule has 2 amide bonds. The summed E-state index contributed by atoms with van der Waals surface area (Å²) in [4.78, 5) is 54.1. The first-order valence-corrected chi connectivity index (χ1v) is 14.0. The number of ether oxygens (including phenoxy) is 2. The molecule has 0 bridgehead atoms. The third kappa shape index (κ3) is 8.30. The van der Waals surface area contributed by atoms with Gasteiger partial charge < -0.3 is 25.6 Å². The molecule has 222 valence electrons. The highest BCUT2D eigenvalue weighted by atomic mass is 79.9. The van der Waals surface area contributed by atoms with Crippen LogP contribution in [0.3, 0.4) is 0 Å². The van der Waals surface area contributed by atoms with Crippen molar-refractivity contribution in [3.05, 3.63) is 51.9 Å². The summed E-state index contributed by atoms with van der Waals surface area (Å²) in [6.07, 6.45) is -0.181. The number of carbonyl (C=O) groups is 4. The average Bonchev–Trinajstić information content (AvgIpc) is 3.69. The summed E-state index contributed by atoms with van der Waals surface area (Å²) >= 11 is 3.26. The number of nitrogens with two attached hydrogens (primary N) is 1. The highest BCUT2D eigenvalue weighted by Crippen LogP contribution is 2.47. The van der Waals surface area contributed by atoms with E-state index in [2.05, 4.69) is 31.5 Å². The van der Waals surface area contributed by atoms with E-state index in [0.29, 0.717) is 12.2 Å². The van der Waals surface area contributed by atoms with E-state index in [1.54, 1.807) is 32.9 Å². The van der Waals surface area contributed by atoms with E-state index in [4.69, 9.17) is 15.2 Å². The lowest BCUT2D eigenvalue weighted by molar-refractivity contribution is -0.153. The Labute approximate surface area is 245 Å². The summed E-state index contributed by atoms with van der Waals surface area (Å²) in [5.41, 5.74) is 5.71. The monoisotopic (exact) mass is 636 g/mol. The Morgan fingerprint density at radius 1 is 1.20 bits per heavy atom. The molecule has 1 aliphatic rings. The first kappa shape index (κ1) is 32.1. The lowest BCUT2D eigenvalue weighted by Crippen LogP contribution is -2.39. The van der Waals surface area contributed by atoms with Gasteiger partial charge in [0, 0.05) is 34.6 Å². The molecule has 1 aliphatic carbocycles. The van der Waals surface area contributed by atoms with E-state index in [-0.39, 0.29) is 35.8 Å². The average molecular weight is 638 g/mol. The number of halogens is 2. The van der Waals surface area contributed by atoms with Crippen molar-refractivity contribution in [2.24, 2.45) is 17.6 Å². The number of nitrogens with zero attached hydrogens (tertiary/aromatic N) is 1. The number of nitrogens with one attached hydrogen (secondary N) is 2. The van der Waals surface area contributed by atoms with Gasteiger partial charge in [0.2, 0.25) is 5.78 Å². The molecule has 0 aliphatic heterocycles. The molecule has 11 nitrogen and oxygen atoms in total. The maximum absolute atomic E-state index is 15.2. The Morgan fingerprint density at radius 2 is 1.90 bits per heavy atom. The van der Waals surface area contributed by atoms with Gasteiger partial charge in [-0.1, -0.05) is 27.7 Å². The van der Waals surface area contributed by atoms with Gasteiger partial charge in [-0.25, -0.2) is 14.2 Å². The van der Waals surface area contributed by atoms with Gasteiger partial charge >= 0.3 is 12.0 Å². The van der Waals surface area contributed by atoms with Crippen LogP contribution in [-0.2, 0) is 14.3 Å². The van der Waals surface area contributed by atoms with Crippen molar-refractivity contribution in [1.29, 1.82) is 0 Å². The second-order valence-corrected chi connectivity index (χ2v) is 11.1. The molecule has 4 unspecified atom stereocenters. The lowest BCUT2D eigenvalue weighted by Gasteiger charge is -2.22. The smallest absolute Gasteiger partial charge is 0.323 e. The molecule has 1 fully saturated rings. The second-order valence-electron chi connectivity index (χ2n) is 10.2. The normalized spacial score (nSPS) is 18.2. The van der Waals surface area contributed by atoms with E-state index in [0.717, 1.165) is 10.5 Å². The summed E-state index contributed by atoms with van der Waals surface area (Å²) in [6, 6.07) is 3.70. The first-order valence-electron chi connectivity index (χ1n) is 13.2. The molecule has 13 heteroatoms. The van der Waals surface area contributed by atoms with Crippen molar-refractivity contribution in [3.8, 4) is 5.75 Å². The molecular weight excluding hydrogens is 603 g/mol. The van der Waals surface area contributed by atoms with Gasteiger partial charge in [-0.3, -0.25) is 19.7 Å². The molecular formula is C28H34BrFN4O7. The Balaban J connectivity index is 1.74. The number of aliphatic hydroxyl groups is 1. The number of esters is 1. The SMILES string of the molecule is CCC(=O)c1ccc(F)c(C2CC2NC(=O)Nc2ccc(Br)cn2)c1OC(O)C(=O)C(C)COC(=O)[C@@H](N)C(C)C. The van der Waals surface area contributed by atoms with Crippen LogP contribution < -0.4 is 21.1 Å². The predicted molar refractivity (Wildman–Crippen MR) is 151 cm³/mol. The summed E-state index contributed by atoms with van der Waals surface area (Å²) in [7, 11) is 0. The van der Waals surface area contributed by atoms with E-state index in [9.17, 15) is 24.3 Å². The van der Waals surface area contributed by atoms with Gasteiger partial charge in [-0.15, -0.1) is 0 Å². The zero-order valence-electron chi connectivity index (χ0n) is 23.1. The Bertz CT molecular complexity index is 1290. The number of aromatic nitrogens is 1. The molecule has 2 aromatic rings. The molecule has 5 N–H and O–H groups in total. The number of aliphatic hydroxyl groups excluding tert-OH is 1. The molecule has 1 aromatic heterocycles. The van der Waals surface area contributed by atoms with Crippen LogP contribution in [0, 0.1) is 17.7 Å². The number of hydrogen-bond acceptors (Lipinski definition) is 9. The molecule has 0 saturated heterocycles. The third-order valence-corrected chi connectivity index (χ3v) is 7.10. The van der Waals surface area contributed by atoms with Crippen molar-refractivity contribution in [1.82, 2.24) is 10.3 Å². The number of Topliss-reactive ketones (excluding diaryl/α,β-unsaturated/α-hetero) is 2. The van der Waals surface area contributed by atoms with Gasteiger partial charge in [0.15, 0.2) is 5.78 Å². The fraction of sp³-hybridized carbons (Fsp3) is 0.464. The Hall–Kier alpha value is -3.42. The summed E-state index contributed by atoms with van der Waals surface area (Å²) in [6.45, 7) is 6.17. The molecule has 1 heterocycles. The van der Waals surface area contributed by atoms with Crippen LogP contribution in [0.1, 0.15) is 62.4 Å². The lowest BCUT2D eigenvalue weighted by atomic mass is 9.99. The van der Waals surface area contributed by atoms with E-state index < -0.39 is 59.6 Å². The highest BCUT2D eigenvalue weighted by Gasteiger charge is 2.44. The molecule has 3 rings (SSSR count). The van der Waals surface area contributed by atoms with Crippen LogP contribution >= 0.6 is 15.9 Å². The fourth-order valence-corrected chi connectivity index (χ4v) is 4.21. The number of benzene rings is 1. The van der Waals surface area contributed by atoms with Crippen LogP contribution in [0.4, 0.5) is 15.0 Å². The summed E-state index contributed by atoms with van der Waals surface area (Å²) in [5, 5.41) is 15.9. The van der Waals surface area contributed by atoms with Crippen LogP contribution in [0.5, 0.6) is 5.75 Å². The summed E-state index contributed by atoms with van der Waals surface area (Å²) in [5.74, 6) is -4.35. The van der Waals surface area contributed by atoms with E-state index >= 15 is 4.39 Å². The van der Waals surface area contributed by atoms with Gasteiger partial charge in [-0.05, 0) is 52.5 Å². The number of pyridine rings is 1. The van der Waals surface area contributed by atoms with Crippen LogP contribution in [-0.4, -0.2) is 58.6 Å². The Morgan fingerprint density at radius 3 is 2.51 bits per heavy atom. The minimum Gasteiger partial charge on any atom is -0.464 e. The first-order chi connectivity index (χ1) is 19.3. The number of ketones is 2. The third-order valence-electron chi connectivity index (χ3n) is 6.64. The van der Waals surface area contributed by atoms with E-state index in [1.807, 2.05) is 0 Å². The van der Waals surface area contributed by atoms with Crippen molar-refractivity contribution < 1.29 is 38.1 Å². The number of urea groups is 1. The molecule has 0 radical (unpaired) electrons. The fourth-order valence-electron chi connectivity index (χ4n) is 3.97. The van der Waals surface area contributed by atoms with Gasteiger partial charge in [0.05, 0.1) is 11.5 Å². The van der Waals surface area contributed by atoms with Crippen LogP contribution in [0.25, 0.3) is 0 Å². The number of rotatable bonds is 13. The van der Waals surface area contributed by atoms with Crippen molar-refractivity contribution in [3.63, 3.8) is 0 Å². The van der Waals surface area contributed by atoms with Crippen LogP contribution in [0.2, 0.25) is 0 Å². The largest absolute Gasteiger partial charge is 0.464 e. The molecule has 5 atom stereocenters. The quantitative estimate of drug-likeness (QED) is 0.145. The molecule has 0 spiro atoms.